The summed E-state index contributed by atoms with van der Waals surface area (Å²) in [6.45, 7) is 0. The van der Waals surface area contributed by atoms with Crippen molar-refractivity contribution in [2.24, 2.45) is 11.5 Å². The topological polar surface area (TPSA) is 205 Å². The Balaban J connectivity index is 0.000000298. The number of aliphatic carboxylic acids is 2. The highest BCUT2D eigenvalue weighted by atomic mass is 16.5. The van der Waals surface area contributed by atoms with Gasteiger partial charge < -0.3 is 31.2 Å². The van der Waals surface area contributed by atoms with Crippen molar-refractivity contribution in [1.82, 2.24) is 9.97 Å². The number of hydrogen-bond acceptors (Lipinski definition) is 8. The Morgan fingerprint density at radius 1 is 0.568 bits per heavy atom. The Kier molecular flexibility index (Phi) is 16.7. The van der Waals surface area contributed by atoms with Gasteiger partial charge in [-0.25, -0.2) is 9.59 Å². The lowest BCUT2D eigenvalue weighted by Gasteiger charge is -1.98. The van der Waals surface area contributed by atoms with E-state index in [0.29, 0.717) is 11.1 Å². The van der Waals surface area contributed by atoms with Crippen molar-refractivity contribution in [2.75, 3.05) is 14.2 Å². The van der Waals surface area contributed by atoms with Gasteiger partial charge in [0.25, 0.3) is 0 Å². The summed E-state index contributed by atoms with van der Waals surface area (Å²) in [6.07, 6.45) is 11.4. The molecule has 4 aromatic rings. The summed E-state index contributed by atoms with van der Waals surface area (Å²) in [5, 5.41) is 16.7. The van der Waals surface area contributed by atoms with Crippen LogP contribution in [0.1, 0.15) is 31.8 Å². The summed E-state index contributed by atoms with van der Waals surface area (Å²) in [5.41, 5.74) is 12.5. The quantitative estimate of drug-likeness (QED) is 0.214. The zero-order valence-electron chi connectivity index (χ0n) is 23.9. The third kappa shape index (κ3) is 16.1. The van der Waals surface area contributed by atoms with Crippen LogP contribution in [0.4, 0.5) is 0 Å². The summed E-state index contributed by atoms with van der Waals surface area (Å²) in [5.74, 6) is -1.22. The van der Waals surface area contributed by atoms with E-state index >= 15 is 0 Å². The molecule has 0 saturated heterocycles. The number of primary amides is 2. The molecular formula is C32H32N4O8. The second-order valence-corrected chi connectivity index (χ2v) is 8.09. The van der Waals surface area contributed by atoms with Crippen LogP contribution in [-0.4, -0.2) is 58.2 Å². The first-order valence-corrected chi connectivity index (χ1v) is 12.6. The van der Waals surface area contributed by atoms with Crippen molar-refractivity contribution in [3.63, 3.8) is 0 Å². The van der Waals surface area contributed by atoms with E-state index in [1.54, 1.807) is 87.0 Å². The molecule has 12 heteroatoms. The molecule has 0 saturated carbocycles. The minimum Gasteiger partial charge on any atom is -0.497 e. The van der Waals surface area contributed by atoms with Crippen LogP contribution >= 0.6 is 0 Å². The number of amides is 2. The highest BCUT2D eigenvalue weighted by Gasteiger charge is 1.96. The van der Waals surface area contributed by atoms with Gasteiger partial charge in [0.2, 0.25) is 11.8 Å². The van der Waals surface area contributed by atoms with Crippen molar-refractivity contribution in [2.45, 2.75) is 0 Å². The Morgan fingerprint density at radius 3 is 1.07 bits per heavy atom. The molecule has 2 aromatic carbocycles. The first-order valence-electron chi connectivity index (χ1n) is 12.6. The second-order valence-electron chi connectivity index (χ2n) is 8.09. The summed E-state index contributed by atoms with van der Waals surface area (Å²) < 4.78 is 9.91. The van der Waals surface area contributed by atoms with Crippen LogP contribution in [0.3, 0.4) is 0 Å². The number of rotatable bonds is 8. The van der Waals surface area contributed by atoms with Crippen LogP contribution < -0.4 is 20.9 Å². The van der Waals surface area contributed by atoms with Crippen molar-refractivity contribution in [1.29, 1.82) is 0 Å². The molecule has 0 atom stereocenters. The van der Waals surface area contributed by atoms with Gasteiger partial charge in [-0.1, -0.05) is 24.3 Å². The van der Waals surface area contributed by atoms with E-state index in [4.69, 9.17) is 31.2 Å². The second kappa shape index (κ2) is 20.6. The molecule has 6 N–H and O–H groups in total. The molecule has 0 fully saturated rings. The lowest BCUT2D eigenvalue weighted by Crippen LogP contribution is -2.10. The summed E-state index contributed by atoms with van der Waals surface area (Å²) in [7, 11) is 3.17. The van der Waals surface area contributed by atoms with Gasteiger partial charge in [0.05, 0.1) is 14.2 Å². The number of pyridine rings is 2. The van der Waals surface area contributed by atoms with Gasteiger partial charge >= 0.3 is 11.9 Å². The number of aromatic nitrogens is 2. The molecular weight excluding hydrogens is 568 g/mol. The third-order valence-electron chi connectivity index (χ3n) is 5.00. The lowest BCUT2D eigenvalue weighted by molar-refractivity contribution is -0.132. The average molecular weight is 601 g/mol. The SMILES string of the molecule is COc1ccc(/C=C/C(=O)O)cc1.COc1ccc(/C=C/C(=O)O)cc1.NC(=O)c1ccncc1.NC(=O)c1ccncc1. The number of carbonyl (C=O) groups excluding carboxylic acids is 2. The number of carboxylic acids is 2. The van der Waals surface area contributed by atoms with E-state index in [1.165, 1.54) is 36.9 Å². The number of benzene rings is 2. The highest BCUT2D eigenvalue weighted by molar-refractivity contribution is 5.93. The summed E-state index contributed by atoms with van der Waals surface area (Å²) in [6, 6.07) is 20.6. The molecule has 4 rings (SSSR count). The predicted octanol–water partition coefficient (Wildman–Crippen LogP) is 3.95. The Bertz CT molecular complexity index is 1390. The molecule has 0 aliphatic rings. The van der Waals surface area contributed by atoms with Crippen molar-refractivity contribution in [3.05, 3.63) is 132 Å². The first-order chi connectivity index (χ1) is 21.0. The molecule has 2 heterocycles. The number of nitrogens with two attached hydrogens (primary N) is 2. The number of carboxylic acid groups (broad SMARTS) is 2. The lowest BCUT2D eigenvalue weighted by atomic mass is 10.2. The van der Waals surface area contributed by atoms with E-state index in [9.17, 15) is 19.2 Å². The molecule has 44 heavy (non-hydrogen) atoms. The van der Waals surface area contributed by atoms with Crippen LogP contribution in [0.5, 0.6) is 11.5 Å². The van der Waals surface area contributed by atoms with Gasteiger partial charge in [-0.05, 0) is 71.8 Å². The minimum absolute atomic E-state index is 0.419. The van der Waals surface area contributed by atoms with E-state index in [0.717, 1.165) is 34.8 Å². The van der Waals surface area contributed by atoms with Crippen LogP contribution in [0, 0.1) is 0 Å². The van der Waals surface area contributed by atoms with Crippen molar-refractivity contribution < 1.29 is 38.9 Å². The molecule has 2 aromatic heterocycles. The number of hydrogen-bond donors (Lipinski definition) is 4. The largest absolute Gasteiger partial charge is 0.497 e. The maximum atomic E-state index is 10.4. The Morgan fingerprint density at radius 2 is 0.864 bits per heavy atom. The van der Waals surface area contributed by atoms with Gasteiger partial charge in [-0.3, -0.25) is 19.6 Å². The van der Waals surface area contributed by atoms with Crippen LogP contribution in [0.2, 0.25) is 0 Å². The normalized spacial score (nSPS) is 9.68. The number of nitrogens with zero attached hydrogens (tertiary/aromatic N) is 2. The molecule has 0 aliphatic heterocycles. The molecule has 0 radical (unpaired) electrons. The van der Waals surface area contributed by atoms with Crippen LogP contribution in [0.25, 0.3) is 12.2 Å². The number of ether oxygens (including phenoxy) is 2. The molecule has 0 bridgehead atoms. The van der Waals surface area contributed by atoms with E-state index in [1.807, 2.05) is 0 Å². The molecule has 12 nitrogen and oxygen atoms in total. The fourth-order valence-corrected chi connectivity index (χ4v) is 2.80. The number of methoxy groups -OCH3 is 2. The van der Waals surface area contributed by atoms with Crippen molar-refractivity contribution in [3.8, 4) is 11.5 Å². The molecule has 228 valence electrons. The molecule has 0 unspecified atom stereocenters. The standard InChI is InChI=1S/2C10H10O3.2C6H6N2O/c2*1-13-9-5-2-8(3-6-9)4-7-10(11)12;2*7-6(9)5-1-3-8-4-2-5/h2*2-7H,1H3,(H,11,12);2*1-4H,(H2,7,9)/b2*7-4+;;. The molecule has 0 aliphatic carbocycles. The van der Waals surface area contributed by atoms with Gasteiger partial charge in [0, 0.05) is 48.1 Å². The molecule has 0 spiro atoms. The van der Waals surface area contributed by atoms with E-state index in [-0.39, 0.29) is 0 Å². The molecule has 2 amide bonds. The maximum absolute atomic E-state index is 10.4. The van der Waals surface area contributed by atoms with Gasteiger partial charge in [-0.2, -0.15) is 0 Å². The first kappa shape index (κ1) is 35.7. The van der Waals surface area contributed by atoms with Gasteiger partial charge in [0.1, 0.15) is 11.5 Å². The zero-order chi connectivity index (χ0) is 32.7. The Labute approximate surface area is 253 Å². The van der Waals surface area contributed by atoms with Crippen molar-refractivity contribution >= 4 is 35.9 Å². The van der Waals surface area contributed by atoms with E-state index in [2.05, 4.69) is 9.97 Å². The van der Waals surface area contributed by atoms with Crippen LogP contribution in [-0.2, 0) is 9.59 Å². The van der Waals surface area contributed by atoms with Gasteiger partial charge in [0.15, 0.2) is 0 Å². The Hall–Kier alpha value is -6.30. The summed E-state index contributed by atoms with van der Waals surface area (Å²) >= 11 is 0. The third-order valence-corrected chi connectivity index (χ3v) is 5.00. The zero-order valence-corrected chi connectivity index (χ0v) is 23.9. The highest BCUT2D eigenvalue weighted by Crippen LogP contribution is 2.13. The van der Waals surface area contributed by atoms with Crippen LogP contribution in [0.15, 0.2) is 110 Å². The minimum atomic E-state index is -0.948. The predicted molar refractivity (Wildman–Crippen MR) is 165 cm³/mol. The fraction of sp³-hybridized carbons (Fsp3) is 0.0625. The van der Waals surface area contributed by atoms with Gasteiger partial charge in [-0.15, -0.1) is 0 Å². The van der Waals surface area contributed by atoms with E-state index < -0.39 is 23.8 Å². The summed E-state index contributed by atoms with van der Waals surface area (Å²) in [4.78, 5) is 48.6. The fourth-order valence-electron chi connectivity index (χ4n) is 2.80. The maximum Gasteiger partial charge on any atom is 0.328 e. The monoisotopic (exact) mass is 600 g/mol. The average Bonchev–Trinajstić information content (AvgIpc) is 3.05. The number of carbonyl (C=O) groups is 4. The smallest absolute Gasteiger partial charge is 0.328 e.